The zero-order valence-electron chi connectivity index (χ0n) is 21.0. The van der Waals surface area contributed by atoms with Crippen molar-refractivity contribution in [3.63, 3.8) is 0 Å². The van der Waals surface area contributed by atoms with Crippen molar-refractivity contribution in [1.29, 1.82) is 0 Å². The molecule has 0 unspecified atom stereocenters. The topological polar surface area (TPSA) is 80.2 Å². The third-order valence-electron chi connectivity index (χ3n) is 5.41. The number of carbonyl (C=O) groups is 2. The molecule has 204 valence electrons. The first-order valence-electron chi connectivity index (χ1n) is 12.1. The van der Waals surface area contributed by atoms with Gasteiger partial charge in [0.15, 0.2) is 13.2 Å². The lowest BCUT2D eigenvalue weighted by molar-refractivity contribution is -0.149. The summed E-state index contributed by atoms with van der Waals surface area (Å²) in [6.07, 6.45) is -3.30. The van der Waals surface area contributed by atoms with Crippen LogP contribution in [-0.2, 0) is 20.5 Å². The largest absolute Gasteiger partial charge is 0.482 e. The molecule has 0 aliphatic rings. The minimum absolute atomic E-state index is 0.136. The number of nitrogens with one attached hydrogen (secondary N) is 1. The molecule has 4 rings (SSSR count). The first kappa shape index (κ1) is 27.9. The molecule has 0 saturated carbocycles. The summed E-state index contributed by atoms with van der Waals surface area (Å²) < 4.78 is 50.2. The van der Waals surface area contributed by atoms with Crippen molar-refractivity contribution in [2.75, 3.05) is 23.5 Å². The van der Waals surface area contributed by atoms with Gasteiger partial charge in [-0.3, -0.25) is 4.79 Å². The van der Waals surface area contributed by atoms with Gasteiger partial charge in [-0.05, 0) is 60.2 Å². The van der Waals surface area contributed by atoms with E-state index in [1.807, 2.05) is 30.3 Å². The van der Waals surface area contributed by atoms with E-state index in [-0.39, 0.29) is 5.69 Å². The average molecular weight is 548 g/mol. The van der Waals surface area contributed by atoms with Crippen LogP contribution in [0.2, 0.25) is 0 Å². The number of carbonyl (C=O) groups excluding carboxylic acids is 2. The summed E-state index contributed by atoms with van der Waals surface area (Å²) in [5.74, 6) is -1.29. The Hall–Kier alpha value is -5.12. The van der Waals surface area contributed by atoms with Crippen LogP contribution in [0.4, 0.5) is 30.2 Å². The highest BCUT2D eigenvalue weighted by Gasteiger charge is 2.31. The van der Waals surface area contributed by atoms with E-state index in [1.54, 1.807) is 54.6 Å². The van der Waals surface area contributed by atoms with Crippen LogP contribution in [0.15, 0.2) is 114 Å². The van der Waals surface area contributed by atoms with Gasteiger partial charge in [-0.15, -0.1) is 0 Å². The SMILES string of the molecule is O=C(COc1ccc(Nc2ccccc2)cc1)OCC(=O)N(/N=C/c1ccccc1)c1cccc(C(F)(F)F)c1. The molecular weight excluding hydrogens is 523 g/mol. The Morgan fingerprint density at radius 1 is 0.800 bits per heavy atom. The van der Waals surface area contributed by atoms with E-state index in [0.29, 0.717) is 11.3 Å². The Labute approximate surface area is 228 Å². The number of amides is 1. The number of esters is 1. The lowest BCUT2D eigenvalue weighted by Gasteiger charge is -2.18. The monoisotopic (exact) mass is 547 g/mol. The zero-order chi connectivity index (χ0) is 28.4. The van der Waals surface area contributed by atoms with Gasteiger partial charge in [0.2, 0.25) is 0 Å². The van der Waals surface area contributed by atoms with Crippen LogP contribution in [0, 0.1) is 0 Å². The van der Waals surface area contributed by atoms with Gasteiger partial charge < -0.3 is 14.8 Å². The molecule has 1 amide bonds. The number of nitrogens with zero attached hydrogens (tertiary/aromatic N) is 2. The minimum Gasteiger partial charge on any atom is -0.482 e. The number of alkyl halides is 3. The summed E-state index contributed by atoms with van der Waals surface area (Å²) in [5.41, 5.74) is 1.26. The predicted octanol–water partition coefficient (Wildman–Crippen LogP) is 6.44. The van der Waals surface area contributed by atoms with Crippen LogP contribution in [0.25, 0.3) is 0 Å². The number of halogens is 3. The summed E-state index contributed by atoms with van der Waals surface area (Å²) in [5, 5.41) is 8.04. The van der Waals surface area contributed by atoms with Crippen LogP contribution in [0.3, 0.4) is 0 Å². The normalized spacial score (nSPS) is 11.2. The molecule has 10 heteroatoms. The molecule has 4 aromatic rings. The van der Waals surface area contributed by atoms with Crippen LogP contribution in [0.1, 0.15) is 11.1 Å². The van der Waals surface area contributed by atoms with E-state index in [1.165, 1.54) is 12.3 Å². The Kier molecular flexibility index (Phi) is 9.14. The van der Waals surface area contributed by atoms with Crippen LogP contribution < -0.4 is 15.1 Å². The highest BCUT2D eigenvalue weighted by Crippen LogP contribution is 2.32. The molecule has 0 radical (unpaired) electrons. The molecule has 0 aromatic heterocycles. The second-order valence-corrected chi connectivity index (χ2v) is 8.37. The van der Waals surface area contributed by atoms with Gasteiger partial charge in [0.25, 0.3) is 5.91 Å². The third kappa shape index (κ3) is 8.19. The maximum absolute atomic E-state index is 13.3. The van der Waals surface area contributed by atoms with Gasteiger partial charge in [-0.25, -0.2) is 4.79 Å². The van der Waals surface area contributed by atoms with Crippen LogP contribution >= 0.6 is 0 Å². The van der Waals surface area contributed by atoms with Gasteiger partial charge in [0.1, 0.15) is 5.75 Å². The number of para-hydroxylation sites is 1. The molecule has 0 heterocycles. The second-order valence-electron chi connectivity index (χ2n) is 8.37. The first-order valence-corrected chi connectivity index (χ1v) is 12.1. The summed E-state index contributed by atoms with van der Waals surface area (Å²) in [4.78, 5) is 25.1. The number of hydrogen-bond acceptors (Lipinski definition) is 6. The van der Waals surface area contributed by atoms with Gasteiger partial charge >= 0.3 is 12.1 Å². The maximum atomic E-state index is 13.3. The van der Waals surface area contributed by atoms with E-state index in [4.69, 9.17) is 9.47 Å². The smallest absolute Gasteiger partial charge is 0.416 e. The van der Waals surface area contributed by atoms with Crippen LogP contribution in [-0.4, -0.2) is 31.3 Å². The highest BCUT2D eigenvalue weighted by molar-refractivity contribution is 5.96. The van der Waals surface area contributed by atoms with Crippen molar-refractivity contribution in [3.8, 4) is 5.75 Å². The fourth-order valence-corrected chi connectivity index (χ4v) is 3.46. The van der Waals surface area contributed by atoms with E-state index in [2.05, 4.69) is 10.4 Å². The van der Waals surface area contributed by atoms with Gasteiger partial charge in [-0.2, -0.15) is 23.3 Å². The minimum atomic E-state index is -4.62. The summed E-state index contributed by atoms with van der Waals surface area (Å²) >= 11 is 0. The number of rotatable bonds is 10. The average Bonchev–Trinajstić information content (AvgIpc) is 2.96. The summed E-state index contributed by atoms with van der Waals surface area (Å²) in [7, 11) is 0. The Morgan fingerprint density at radius 2 is 1.45 bits per heavy atom. The predicted molar refractivity (Wildman–Crippen MR) is 146 cm³/mol. The molecule has 0 spiro atoms. The van der Waals surface area contributed by atoms with Crippen molar-refractivity contribution < 1.29 is 32.2 Å². The molecule has 0 aliphatic carbocycles. The Bertz CT molecular complexity index is 1440. The fourth-order valence-electron chi connectivity index (χ4n) is 3.46. The second kappa shape index (κ2) is 13.1. The number of ether oxygens (including phenoxy) is 2. The molecule has 1 N–H and O–H groups in total. The number of benzene rings is 4. The third-order valence-corrected chi connectivity index (χ3v) is 5.41. The van der Waals surface area contributed by atoms with E-state index < -0.39 is 36.8 Å². The molecule has 40 heavy (non-hydrogen) atoms. The van der Waals surface area contributed by atoms with Crippen molar-refractivity contribution in [2.24, 2.45) is 5.10 Å². The quantitative estimate of drug-likeness (QED) is 0.140. The lowest BCUT2D eigenvalue weighted by Crippen LogP contribution is -2.31. The number of anilines is 3. The molecule has 0 aliphatic heterocycles. The van der Waals surface area contributed by atoms with Gasteiger partial charge in [0.05, 0.1) is 17.5 Å². The molecule has 7 nitrogen and oxygen atoms in total. The highest BCUT2D eigenvalue weighted by atomic mass is 19.4. The van der Waals surface area contributed by atoms with Crippen molar-refractivity contribution in [2.45, 2.75) is 6.18 Å². The van der Waals surface area contributed by atoms with Crippen molar-refractivity contribution in [3.05, 3.63) is 120 Å². The molecule has 0 fully saturated rings. The van der Waals surface area contributed by atoms with E-state index >= 15 is 0 Å². The lowest BCUT2D eigenvalue weighted by atomic mass is 10.2. The van der Waals surface area contributed by atoms with E-state index in [0.717, 1.165) is 34.6 Å². The Balaban J connectivity index is 1.36. The van der Waals surface area contributed by atoms with E-state index in [9.17, 15) is 22.8 Å². The first-order chi connectivity index (χ1) is 19.3. The molecular formula is C30H24F3N3O4. The van der Waals surface area contributed by atoms with Crippen LogP contribution in [0.5, 0.6) is 5.75 Å². The number of hydrogen-bond donors (Lipinski definition) is 1. The Morgan fingerprint density at radius 3 is 2.12 bits per heavy atom. The fraction of sp³-hybridized carbons (Fsp3) is 0.100. The maximum Gasteiger partial charge on any atom is 0.416 e. The summed E-state index contributed by atoms with van der Waals surface area (Å²) in [6.45, 7) is -1.24. The van der Waals surface area contributed by atoms with Gasteiger partial charge in [0, 0.05) is 11.4 Å². The standard InChI is InChI=1S/C30H24F3N3O4/c31-30(32,33)23-10-7-13-26(18-23)36(34-19-22-8-3-1-4-9-22)28(37)20-40-29(38)21-39-27-16-14-25(15-17-27)35-24-11-5-2-6-12-24/h1-19,35H,20-21H2/b34-19+. The van der Waals surface area contributed by atoms with Crippen molar-refractivity contribution in [1.82, 2.24) is 0 Å². The number of hydrazone groups is 1. The molecule has 0 bridgehead atoms. The van der Waals surface area contributed by atoms with Gasteiger partial charge in [-0.1, -0.05) is 54.6 Å². The zero-order valence-corrected chi connectivity index (χ0v) is 21.0. The summed E-state index contributed by atoms with van der Waals surface area (Å²) in [6, 6.07) is 29.3. The molecule has 0 atom stereocenters. The molecule has 4 aromatic carbocycles. The van der Waals surface area contributed by atoms with Crippen molar-refractivity contribution >= 4 is 35.2 Å². The molecule has 0 saturated heterocycles.